The highest BCUT2D eigenvalue weighted by molar-refractivity contribution is 5.37. The third-order valence-electron chi connectivity index (χ3n) is 3.24. The molecule has 3 nitrogen and oxygen atoms in total. The molecular formula is C15H25NO2. The minimum atomic E-state index is -0.139. The summed E-state index contributed by atoms with van der Waals surface area (Å²) in [6.07, 6.45) is 0.859. The molecule has 0 amide bonds. The van der Waals surface area contributed by atoms with E-state index in [2.05, 4.69) is 19.9 Å². The van der Waals surface area contributed by atoms with Crippen molar-refractivity contribution in [2.75, 3.05) is 13.7 Å². The first-order valence-corrected chi connectivity index (χ1v) is 6.40. The summed E-state index contributed by atoms with van der Waals surface area (Å²) in [7, 11) is 1.72. The Morgan fingerprint density at radius 1 is 1.33 bits per heavy atom. The van der Waals surface area contributed by atoms with Crippen molar-refractivity contribution in [3.63, 3.8) is 0 Å². The predicted octanol–water partition coefficient (Wildman–Crippen LogP) is 3.21. The number of methoxy groups -OCH3 is 1. The number of rotatable bonds is 6. The van der Waals surface area contributed by atoms with Crippen molar-refractivity contribution in [1.29, 1.82) is 0 Å². The Morgan fingerprint density at radius 3 is 2.50 bits per heavy atom. The predicted molar refractivity (Wildman–Crippen MR) is 75.0 cm³/mol. The average Bonchev–Trinajstić information content (AvgIpc) is 2.31. The van der Waals surface area contributed by atoms with E-state index in [1.165, 1.54) is 0 Å². The van der Waals surface area contributed by atoms with Crippen LogP contribution in [0.15, 0.2) is 18.2 Å². The van der Waals surface area contributed by atoms with Crippen LogP contribution >= 0.6 is 0 Å². The van der Waals surface area contributed by atoms with E-state index < -0.39 is 0 Å². The summed E-state index contributed by atoms with van der Waals surface area (Å²) in [5.41, 5.74) is 7.97. The van der Waals surface area contributed by atoms with Crippen molar-refractivity contribution in [2.45, 2.75) is 45.8 Å². The van der Waals surface area contributed by atoms with Crippen LogP contribution in [0, 0.1) is 6.92 Å². The largest absolute Gasteiger partial charge is 0.493 e. The Kier molecular flexibility index (Phi) is 5.17. The van der Waals surface area contributed by atoms with E-state index in [0.29, 0.717) is 6.61 Å². The summed E-state index contributed by atoms with van der Waals surface area (Å²) < 4.78 is 11.1. The highest BCUT2D eigenvalue weighted by Gasteiger charge is 2.16. The minimum Gasteiger partial charge on any atom is -0.493 e. The van der Waals surface area contributed by atoms with E-state index in [-0.39, 0.29) is 11.6 Å². The molecule has 0 saturated heterocycles. The van der Waals surface area contributed by atoms with Gasteiger partial charge in [0.15, 0.2) is 0 Å². The maximum Gasteiger partial charge on any atom is 0.122 e. The Morgan fingerprint density at radius 2 is 2.00 bits per heavy atom. The Balaban J connectivity index is 2.58. The van der Waals surface area contributed by atoms with Crippen LogP contribution in [0.25, 0.3) is 0 Å². The first kappa shape index (κ1) is 15.0. The second-order valence-corrected chi connectivity index (χ2v) is 5.38. The molecule has 3 heteroatoms. The van der Waals surface area contributed by atoms with E-state index in [9.17, 15) is 0 Å². The Hall–Kier alpha value is -1.06. The molecule has 0 fully saturated rings. The van der Waals surface area contributed by atoms with Crippen LogP contribution in [0.1, 0.15) is 44.4 Å². The summed E-state index contributed by atoms with van der Waals surface area (Å²) in [4.78, 5) is 0. The minimum absolute atomic E-state index is 0.0603. The molecule has 0 radical (unpaired) electrons. The zero-order chi connectivity index (χ0) is 13.8. The van der Waals surface area contributed by atoms with Crippen molar-refractivity contribution in [1.82, 2.24) is 0 Å². The second-order valence-electron chi connectivity index (χ2n) is 5.38. The fourth-order valence-electron chi connectivity index (χ4n) is 1.63. The molecule has 2 N–H and O–H groups in total. The molecule has 1 rings (SSSR count). The zero-order valence-corrected chi connectivity index (χ0v) is 12.1. The topological polar surface area (TPSA) is 44.5 Å². The van der Waals surface area contributed by atoms with Gasteiger partial charge in [0.25, 0.3) is 0 Å². The lowest BCUT2D eigenvalue weighted by atomic mass is 10.1. The first-order chi connectivity index (χ1) is 8.35. The Labute approximate surface area is 110 Å². The quantitative estimate of drug-likeness (QED) is 0.844. The summed E-state index contributed by atoms with van der Waals surface area (Å²) in [6.45, 7) is 8.79. The molecule has 102 valence electrons. The van der Waals surface area contributed by atoms with Gasteiger partial charge in [-0.3, -0.25) is 0 Å². The molecule has 0 saturated carbocycles. The number of hydrogen-bond acceptors (Lipinski definition) is 3. The Bertz CT molecular complexity index is 386. The van der Waals surface area contributed by atoms with Gasteiger partial charge in [-0.1, -0.05) is 12.1 Å². The molecule has 1 unspecified atom stereocenters. The molecule has 0 bridgehead atoms. The van der Waals surface area contributed by atoms with Crippen molar-refractivity contribution in [2.24, 2.45) is 5.73 Å². The van der Waals surface area contributed by atoms with Crippen molar-refractivity contribution in [3.8, 4) is 5.75 Å². The van der Waals surface area contributed by atoms with Gasteiger partial charge < -0.3 is 15.2 Å². The summed E-state index contributed by atoms with van der Waals surface area (Å²) in [5, 5.41) is 0. The molecule has 0 aliphatic rings. The number of hydrogen-bond donors (Lipinski definition) is 1. The molecule has 0 aliphatic heterocycles. The van der Waals surface area contributed by atoms with Gasteiger partial charge in [-0.05, 0) is 44.9 Å². The van der Waals surface area contributed by atoms with Gasteiger partial charge in [-0.25, -0.2) is 0 Å². The standard InChI is InChI=1S/C15H25NO2/c1-11-10-13(12(2)16)6-7-14(11)18-9-8-15(3,4)17-5/h6-7,10,12H,8-9,16H2,1-5H3. The second kappa shape index (κ2) is 6.21. The molecule has 1 atom stereocenters. The summed E-state index contributed by atoms with van der Waals surface area (Å²) >= 11 is 0. The monoisotopic (exact) mass is 251 g/mol. The van der Waals surface area contributed by atoms with Gasteiger partial charge in [-0.15, -0.1) is 0 Å². The molecule has 0 spiro atoms. The number of ether oxygens (including phenoxy) is 2. The molecular weight excluding hydrogens is 226 g/mol. The third kappa shape index (κ3) is 4.31. The highest BCUT2D eigenvalue weighted by atomic mass is 16.5. The maximum absolute atomic E-state index is 5.85. The van der Waals surface area contributed by atoms with E-state index in [1.807, 2.05) is 26.0 Å². The van der Waals surface area contributed by atoms with Gasteiger partial charge in [0.05, 0.1) is 12.2 Å². The highest BCUT2D eigenvalue weighted by Crippen LogP contribution is 2.23. The fraction of sp³-hybridized carbons (Fsp3) is 0.600. The lowest BCUT2D eigenvalue weighted by Crippen LogP contribution is -2.25. The lowest BCUT2D eigenvalue weighted by molar-refractivity contribution is 0.00539. The SMILES string of the molecule is COC(C)(C)CCOc1ccc(C(C)N)cc1C. The van der Waals surface area contributed by atoms with E-state index in [1.54, 1.807) is 7.11 Å². The van der Waals surface area contributed by atoms with Crippen LogP contribution in [-0.4, -0.2) is 19.3 Å². The zero-order valence-electron chi connectivity index (χ0n) is 12.1. The number of aryl methyl sites for hydroxylation is 1. The van der Waals surface area contributed by atoms with Crippen molar-refractivity contribution in [3.05, 3.63) is 29.3 Å². The van der Waals surface area contributed by atoms with Crippen LogP contribution in [0.3, 0.4) is 0 Å². The van der Waals surface area contributed by atoms with Gasteiger partial charge in [0, 0.05) is 19.6 Å². The lowest BCUT2D eigenvalue weighted by Gasteiger charge is -2.23. The number of nitrogens with two attached hydrogens (primary N) is 1. The van der Waals surface area contributed by atoms with Gasteiger partial charge in [0.1, 0.15) is 5.75 Å². The normalized spacial score (nSPS) is 13.4. The molecule has 1 aromatic rings. The summed E-state index contributed by atoms with van der Waals surface area (Å²) in [6, 6.07) is 6.16. The van der Waals surface area contributed by atoms with Crippen molar-refractivity contribution < 1.29 is 9.47 Å². The molecule has 18 heavy (non-hydrogen) atoms. The maximum atomic E-state index is 5.85. The van der Waals surface area contributed by atoms with Crippen LogP contribution in [0.4, 0.5) is 0 Å². The van der Waals surface area contributed by atoms with Crippen LogP contribution in [0.2, 0.25) is 0 Å². The summed E-state index contributed by atoms with van der Waals surface area (Å²) in [5.74, 6) is 0.923. The third-order valence-corrected chi connectivity index (χ3v) is 3.24. The first-order valence-electron chi connectivity index (χ1n) is 6.40. The van der Waals surface area contributed by atoms with Crippen LogP contribution < -0.4 is 10.5 Å². The average molecular weight is 251 g/mol. The van der Waals surface area contributed by atoms with E-state index >= 15 is 0 Å². The van der Waals surface area contributed by atoms with Gasteiger partial charge >= 0.3 is 0 Å². The van der Waals surface area contributed by atoms with Crippen molar-refractivity contribution >= 4 is 0 Å². The molecule has 0 heterocycles. The van der Waals surface area contributed by atoms with Gasteiger partial charge in [-0.2, -0.15) is 0 Å². The van der Waals surface area contributed by atoms with Gasteiger partial charge in [0.2, 0.25) is 0 Å². The van der Waals surface area contributed by atoms with E-state index in [0.717, 1.165) is 23.3 Å². The molecule has 1 aromatic carbocycles. The van der Waals surface area contributed by atoms with Crippen LogP contribution in [0.5, 0.6) is 5.75 Å². The van der Waals surface area contributed by atoms with E-state index in [4.69, 9.17) is 15.2 Å². The smallest absolute Gasteiger partial charge is 0.122 e. The molecule has 0 aliphatic carbocycles. The van der Waals surface area contributed by atoms with Crippen LogP contribution in [-0.2, 0) is 4.74 Å². The number of benzene rings is 1. The fourth-order valence-corrected chi connectivity index (χ4v) is 1.63. The molecule has 0 aromatic heterocycles.